The van der Waals surface area contributed by atoms with Crippen LogP contribution in [-0.2, 0) is 0 Å². The molecule has 1 aromatic rings. The van der Waals surface area contributed by atoms with Crippen molar-refractivity contribution < 1.29 is 22.0 Å². The fraction of sp³-hybridized carbons (Fsp3) is 0.333. The van der Waals surface area contributed by atoms with E-state index in [-0.39, 0.29) is 10.0 Å². The van der Waals surface area contributed by atoms with E-state index in [9.17, 15) is 22.0 Å². The second-order valence-electron chi connectivity index (χ2n) is 3.39. The lowest BCUT2D eigenvalue weighted by molar-refractivity contribution is -0.290. The van der Waals surface area contributed by atoms with Gasteiger partial charge >= 0.3 is 12.1 Å². The molecule has 0 amide bonds. The summed E-state index contributed by atoms with van der Waals surface area (Å²) in [7, 11) is 0. The van der Waals surface area contributed by atoms with Crippen LogP contribution in [0.2, 0.25) is 15.1 Å². The highest BCUT2D eigenvalue weighted by Gasteiger charge is 2.62. The zero-order valence-electron chi connectivity index (χ0n) is 8.33. The predicted molar refractivity (Wildman–Crippen MR) is 59.4 cm³/mol. The van der Waals surface area contributed by atoms with Crippen LogP contribution in [0.15, 0.2) is 12.1 Å². The number of hydrogen-bond donors (Lipinski definition) is 1. The Hall–Kier alpha value is -0.300. The molecule has 9 heteroatoms. The van der Waals surface area contributed by atoms with Gasteiger partial charge in [-0.1, -0.05) is 34.8 Å². The summed E-state index contributed by atoms with van der Waals surface area (Å²) in [5.74, 6) is -5.15. The third-order valence-electron chi connectivity index (χ3n) is 2.12. The Morgan fingerprint density at radius 1 is 1.00 bits per heavy atom. The molecule has 1 aromatic carbocycles. The Bertz CT molecular complexity index is 460. The normalized spacial score (nSPS) is 14.7. The molecule has 0 aromatic heterocycles. The van der Waals surface area contributed by atoms with Gasteiger partial charge in [-0.2, -0.15) is 22.0 Å². The van der Waals surface area contributed by atoms with Gasteiger partial charge < -0.3 is 5.73 Å². The van der Waals surface area contributed by atoms with Crippen molar-refractivity contribution in [1.29, 1.82) is 0 Å². The average Bonchev–Trinajstić information content (AvgIpc) is 2.20. The van der Waals surface area contributed by atoms with E-state index in [1.165, 1.54) is 0 Å². The smallest absolute Gasteiger partial charge is 0.319 e. The molecule has 18 heavy (non-hydrogen) atoms. The van der Waals surface area contributed by atoms with Crippen molar-refractivity contribution in [2.75, 3.05) is 0 Å². The monoisotopic (exact) mass is 327 g/mol. The van der Waals surface area contributed by atoms with Crippen molar-refractivity contribution >= 4 is 34.8 Å². The van der Waals surface area contributed by atoms with Gasteiger partial charge in [-0.25, -0.2) is 0 Å². The molecular formula is C9H5Cl3F5N. The Labute approximate surface area is 114 Å². The van der Waals surface area contributed by atoms with Crippen molar-refractivity contribution in [1.82, 2.24) is 0 Å². The van der Waals surface area contributed by atoms with Crippen LogP contribution >= 0.6 is 34.8 Å². The number of nitrogens with two attached hydrogens (primary N) is 1. The molecule has 0 heterocycles. The lowest BCUT2D eigenvalue weighted by Crippen LogP contribution is -2.46. The van der Waals surface area contributed by atoms with E-state index < -0.39 is 28.7 Å². The highest BCUT2D eigenvalue weighted by atomic mass is 35.5. The summed E-state index contributed by atoms with van der Waals surface area (Å²) in [4.78, 5) is 0. The van der Waals surface area contributed by atoms with E-state index in [1.54, 1.807) is 0 Å². The van der Waals surface area contributed by atoms with Gasteiger partial charge in [0.2, 0.25) is 0 Å². The zero-order chi connectivity index (χ0) is 14.3. The summed E-state index contributed by atoms with van der Waals surface area (Å²) in [6.07, 6.45) is -5.80. The van der Waals surface area contributed by atoms with Gasteiger partial charge in [0.05, 0.1) is 10.0 Å². The molecule has 0 radical (unpaired) electrons. The SMILES string of the molecule is N[C@@H](c1cc(Cl)cc(Cl)c1Cl)C(F)(F)C(F)(F)F. The van der Waals surface area contributed by atoms with Crippen molar-refractivity contribution in [3.63, 3.8) is 0 Å². The van der Waals surface area contributed by atoms with Gasteiger partial charge in [-0.05, 0) is 17.7 Å². The largest absolute Gasteiger partial charge is 0.455 e. The second-order valence-corrected chi connectivity index (χ2v) is 4.61. The summed E-state index contributed by atoms with van der Waals surface area (Å²) in [6.45, 7) is 0. The van der Waals surface area contributed by atoms with Crippen LogP contribution in [0.25, 0.3) is 0 Å². The Kier molecular flexibility index (Phi) is 4.37. The van der Waals surface area contributed by atoms with Gasteiger partial charge in [0.1, 0.15) is 6.04 Å². The maximum absolute atomic E-state index is 13.1. The quantitative estimate of drug-likeness (QED) is 0.610. The summed E-state index contributed by atoms with van der Waals surface area (Å²) in [6, 6.07) is -0.769. The van der Waals surface area contributed by atoms with Crippen molar-refractivity contribution in [3.8, 4) is 0 Å². The molecule has 1 atom stereocenters. The summed E-state index contributed by atoms with van der Waals surface area (Å²) in [5.41, 5.74) is 4.26. The topological polar surface area (TPSA) is 26.0 Å². The molecule has 0 aliphatic carbocycles. The van der Waals surface area contributed by atoms with Crippen LogP contribution in [0, 0.1) is 0 Å². The first-order chi connectivity index (χ1) is 7.98. The molecule has 0 bridgehead atoms. The van der Waals surface area contributed by atoms with Crippen LogP contribution in [0.1, 0.15) is 11.6 Å². The standard InChI is InChI=1S/C9H5Cl3F5N/c10-3-1-4(6(12)5(11)2-3)7(18)8(13,14)9(15,16)17/h1-2,7H,18H2/t7-/m0/s1. The predicted octanol–water partition coefficient (Wildman–Crippen LogP) is 4.84. The van der Waals surface area contributed by atoms with Crippen LogP contribution in [-0.4, -0.2) is 12.1 Å². The third kappa shape index (κ3) is 2.82. The number of benzene rings is 1. The van der Waals surface area contributed by atoms with E-state index in [0.717, 1.165) is 12.1 Å². The number of alkyl halides is 5. The summed E-state index contributed by atoms with van der Waals surface area (Å²) < 4.78 is 62.6. The molecule has 0 aliphatic heterocycles. The molecule has 0 fully saturated rings. The van der Waals surface area contributed by atoms with Crippen molar-refractivity contribution in [2.24, 2.45) is 5.73 Å². The van der Waals surface area contributed by atoms with E-state index >= 15 is 0 Å². The number of halogens is 8. The lowest BCUT2D eigenvalue weighted by Gasteiger charge is -2.26. The molecule has 0 spiro atoms. The fourth-order valence-electron chi connectivity index (χ4n) is 1.17. The summed E-state index contributed by atoms with van der Waals surface area (Å²) >= 11 is 16.6. The van der Waals surface area contributed by atoms with Crippen LogP contribution in [0.3, 0.4) is 0 Å². The molecule has 2 N–H and O–H groups in total. The van der Waals surface area contributed by atoms with Crippen molar-refractivity contribution in [3.05, 3.63) is 32.8 Å². The first kappa shape index (κ1) is 15.8. The van der Waals surface area contributed by atoms with Crippen molar-refractivity contribution in [2.45, 2.75) is 18.1 Å². The zero-order valence-corrected chi connectivity index (χ0v) is 10.6. The molecule has 0 aliphatic rings. The number of hydrogen-bond acceptors (Lipinski definition) is 1. The van der Waals surface area contributed by atoms with Crippen LogP contribution in [0.4, 0.5) is 22.0 Å². The molecule has 0 saturated carbocycles. The van der Waals surface area contributed by atoms with Gasteiger partial charge in [0.15, 0.2) is 0 Å². The minimum atomic E-state index is -5.80. The highest BCUT2D eigenvalue weighted by molar-refractivity contribution is 6.43. The van der Waals surface area contributed by atoms with Gasteiger partial charge in [0.25, 0.3) is 0 Å². The second kappa shape index (κ2) is 5.00. The van der Waals surface area contributed by atoms with E-state index in [2.05, 4.69) is 0 Å². The third-order valence-corrected chi connectivity index (χ3v) is 3.16. The number of rotatable bonds is 2. The molecule has 0 unspecified atom stereocenters. The van der Waals surface area contributed by atoms with E-state index in [1.807, 2.05) is 0 Å². The maximum atomic E-state index is 13.1. The van der Waals surface area contributed by atoms with Gasteiger partial charge in [0, 0.05) is 5.02 Å². The van der Waals surface area contributed by atoms with Crippen LogP contribution < -0.4 is 5.73 Å². The van der Waals surface area contributed by atoms with Gasteiger partial charge in [-0.15, -0.1) is 0 Å². The summed E-state index contributed by atoms with van der Waals surface area (Å²) in [5, 5.41) is -0.891. The Balaban J connectivity index is 3.31. The molecule has 0 saturated heterocycles. The average molecular weight is 328 g/mol. The minimum Gasteiger partial charge on any atom is -0.319 e. The first-order valence-electron chi connectivity index (χ1n) is 4.33. The first-order valence-corrected chi connectivity index (χ1v) is 5.46. The lowest BCUT2D eigenvalue weighted by atomic mass is 10.0. The molecule has 1 rings (SSSR count). The molecular weight excluding hydrogens is 323 g/mol. The highest BCUT2D eigenvalue weighted by Crippen LogP contribution is 2.46. The van der Waals surface area contributed by atoms with E-state index in [4.69, 9.17) is 40.5 Å². The minimum absolute atomic E-state index is 0.146. The Morgan fingerprint density at radius 2 is 1.50 bits per heavy atom. The Morgan fingerprint density at radius 3 is 1.94 bits per heavy atom. The van der Waals surface area contributed by atoms with Crippen LogP contribution in [0.5, 0.6) is 0 Å². The fourth-order valence-corrected chi connectivity index (χ4v) is 1.91. The molecule has 102 valence electrons. The maximum Gasteiger partial charge on any atom is 0.455 e. The van der Waals surface area contributed by atoms with E-state index in [0.29, 0.717) is 0 Å². The van der Waals surface area contributed by atoms with Gasteiger partial charge in [-0.3, -0.25) is 0 Å². The molecule has 1 nitrogen and oxygen atoms in total.